The molecular formula is C21H33N3O2. The van der Waals surface area contributed by atoms with Gasteiger partial charge in [0.1, 0.15) is 0 Å². The summed E-state index contributed by atoms with van der Waals surface area (Å²) in [6.07, 6.45) is 12.1. The SMILES string of the molecule is Cc1cnn([C@H]2C[C@H]3CN(C4CCOCC4)C[C@H]3C[C@@H]2OCC2CC2)c1. The molecule has 0 radical (unpaired) electrons. The number of aromatic nitrogens is 2. The fraction of sp³-hybridized carbons (Fsp3) is 0.857. The van der Waals surface area contributed by atoms with Gasteiger partial charge in [-0.2, -0.15) is 5.10 Å². The maximum atomic E-state index is 6.47. The maximum absolute atomic E-state index is 6.47. The van der Waals surface area contributed by atoms with Crippen molar-refractivity contribution in [2.24, 2.45) is 17.8 Å². The zero-order valence-electron chi connectivity index (χ0n) is 16.1. The Morgan fingerprint density at radius 2 is 1.88 bits per heavy atom. The standard InChI is InChI=1S/C21H33N3O2/c1-15-10-22-24(11-15)20-8-17-12-23(19-4-6-25-7-5-19)13-18(17)9-21(20)26-14-16-2-3-16/h10-11,16-21H,2-9,12-14H2,1H3/t17-,18+,20-,21-/m0/s1. The molecule has 0 unspecified atom stereocenters. The van der Waals surface area contributed by atoms with Gasteiger partial charge in [-0.3, -0.25) is 9.58 Å². The Labute approximate surface area is 157 Å². The van der Waals surface area contributed by atoms with E-state index in [0.29, 0.717) is 12.1 Å². The van der Waals surface area contributed by atoms with Crippen molar-refractivity contribution in [3.63, 3.8) is 0 Å². The molecule has 5 nitrogen and oxygen atoms in total. The Bertz CT molecular complexity index is 608. The van der Waals surface area contributed by atoms with Crippen LogP contribution in [0.15, 0.2) is 12.4 Å². The third kappa shape index (κ3) is 3.58. The van der Waals surface area contributed by atoms with Gasteiger partial charge in [-0.1, -0.05) is 0 Å². The molecule has 2 saturated carbocycles. The Kier molecular flexibility index (Phi) is 4.80. The summed E-state index contributed by atoms with van der Waals surface area (Å²) in [6, 6.07) is 1.16. The lowest BCUT2D eigenvalue weighted by Crippen LogP contribution is -2.38. The molecule has 1 aromatic heterocycles. The van der Waals surface area contributed by atoms with Crippen LogP contribution in [0.2, 0.25) is 0 Å². The number of ether oxygens (including phenoxy) is 2. The number of fused-ring (bicyclic) bond motifs is 1. The molecule has 5 heteroatoms. The number of aryl methyl sites for hydroxylation is 1. The highest BCUT2D eigenvalue weighted by Gasteiger charge is 2.45. The van der Waals surface area contributed by atoms with Crippen molar-refractivity contribution in [2.75, 3.05) is 32.9 Å². The second-order valence-corrected chi connectivity index (χ2v) is 9.17. The molecule has 3 heterocycles. The molecule has 144 valence electrons. The highest BCUT2D eigenvalue weighted by molar-refractivity contribution is 5.04. The molecule has 2 aliphatic carbocycles. The molecule has 0 N–H and O–H groups in total. The van der Waals surface area contributed by atoms with E-state index in [1.165, 1.54) is 57.2 Å². The third-order valence-electron chi connectivity index (χ3n) is 7.13. The molecule has 0 spiro atoms. The van der Waals surface area contributed by atoms with Crippen LogP contribution in [0, 0.1) is 24.7 Å². The van der Waals surface area contributed by atoms with E-state index >= 15 is 0 Å². The molecule has 0 amide bonds. The number of rotatable bonds is 5. The topological polar surface area (TPSA) is 39.5 Å². The number of nitrogens with zero attached hydrogens (tertiary/aromatic N) is 3. The first-order valence-corrected chi connectivity index (χ1v) is 10.7. The number of hydrogen-bond donors (Lipinski definition) is 0. The van der Waals surface area contributed by atoms with Crippen molar-refractivity contribution in [1.82, 2.24) is 14.7 Å². The number of hydrogen-bond acceptors (Lipinski definition) is 4. The zero-order valence-corrected chi connectivity index (χ0v) is 16.1. The minimum absolute atomic E-state index is 0.339. The van der Waals surface area contributed by atoms with E-state index in [1.807, 2.05) is 6.20 Å². The zero-order chi connectivity index (χ0) is 17.5. The van der Waals surface area contributed by atoms with E-state index in [9.17, 15) is 0 Å². The molecule has 2 aliphatic heterocycles. The monoisotopic (exact) mass is 359 g/mol. The van der Waals surface area contributed by atoms with Crippen molar-refractivity contribution in [3.05, 3.63) is 18.0 Å². The molecule has 0 bridgehead atoms. The van der Waals surface area contributed by atoms with Crippen molar-refractivity contribution < 1.29 is 9.47 Å². The van der Waals surface area contributed by atoms with Gasteiger partial charge in [-0.05, 0) is 68.8 Å². The van der Waals surface area contributed by atoms with Gasteiger partial charge in [-0.25, -0.2) is 0 Å². The van der Waals surface area contributed by atoms with Crippen molar-refractivity contribution in [2.45, 2.75) is 63.6 Å². The molecule has 4 fully saturated rings. The summed E-state index contributed by atoms with van der Waals surface area (Å²) < 4.78 is 14.3. The van der Waals surface area contributed by atoms with E-state index in [1.54, 1.807) is 0 Å². The smallest absolute Gasteiger partial charge is 0.0802 e. The van der Waals surface area contributed by atoms with Crippen LogP contribution in [0.3, 0.4) is 0 Å². The summed E-state index contributed by atoms with van der Waals surface area (Å²) in [5, 5.41) is 4.66. The molecule has 0 aromatic carbocycles. The van der Waals surface area contributed by atoms with Crippen LogP contribution >= 0.6 is 0 Å². The first kappa shape index (κ1) is 17.2. The van der Waals surface area contributed by atoms with E-state index < -0.39 is 0 Å². The van der Waals surface area contributed by atoms with Crippen molar-refractivity contribution in [1.29, 1.82) is 0 Å². The van der Waals surface area contributed by atoms with Crippen LogP contribution in [0.5, 0.6) is 0 Å². The van der Waals surface area contributed by atoms with Crippen molar-refractivity contribution >= 4 is 0 Å². The van der Waals surface area contributed by atoms with Crippen LogP contribution in [0.25, 0.3) is 0 Å². The van der Waals surface area contributed by atoms with Gasteiger partial charge in [-0.15, -0.1) is 0 Å². The predicted molar refractivity (Wildman–Crippen MR) is 100 cm³/mol. The molecule has 26 heavy (non-hydrogen) atoms. The average molecular weight is 360 g/mol. The van der Waals surface area contributed by atoms with Gasteiger partial charge < -0.3 is 9.47 Å². The normalized spacial score (nSPS) is 36.3. The van der Waals surface area contributed by atoms with Gasteiger partial charge in [0, 0.05) is 45.1 Å². The largest absolute Gasteiger partial charge is 0.381 e. The quantitative estimate of drug-likeness (QED) is 0.810. The lowest BCUT2D eigenvalue weighted by molar-refractivity contribution is -0.0371. The minimum Gasteiger partial charge on any atom is -0.381 e. The lowest BCUT2D eigenvalue weighted by atomic mass is 9.77. The first-order chi connectivity index (χ1) is 12.8. The maximum Gasteiger partial charge on any atom is 0.0802 e. The average Bonchev–Trinajstić information content (AvgIpc) is 3.25. The van der Waals surface area contributed by atoms with E-state index in [-0.39, 0.29) is 0 Å². The predicted octanol–water partition coefficient (Wildman–Crippen LogP) is 3.05. The first-order valence-electron chi connectivity index (χ1n) is 10.7. The van der Waals surface area contributed by atoms with E-state index in [0.717, 1.165) is 43.6 Å². The molecule has 5 rings (SSSR count). The third-order valence-corrected chi connectivity index (χ3v) is 7.13. The van der Waals surface area contributed by atoms with Crippen LogP contribution in [-0.4, -0.2) is 59.7 Å². The number of likely N-dealkylation sites (tertiary alicyclic amines) is 1. The van der Waals surface area contributed by atoms with Gasteiger partial charge in [0.05, 0.1) is 18.3 Å². The molecule has 4 atom stereocenters. The summed E-state index contributed by atoms with van der Waals surface area (Å²) in [4.78, 5) is 2.77. The Morgan fingerprint density at radius 3 is 2.58 bits per heavy atom. The minimum atomic E-state index is 0.339. The summed E-state index contributed by atoms with van der Waals surface area (Å²) in [7, 11) is 0. The van der Waals surface area contributed by atoms with Crippen LogP contribution in [-0.2, 0) is 9.47 Å². The molecular weight excluding hydrogens is 326 g/mol. The van der Waals surface area contributed by atoms with Gasteiger partial charge in [0.15, 0.2) is 0 Å². The molecule has 1 aromatic rings. The lowest BCUT2D eigenvalue weighted by Gasteiger charge is -2.38. The second-order valence-electron chi connectivity index (χ2n) is 9.17. The summed E-state index contributed by atoms with van der Waals surface area (Å²) in [5.74, 6) is 2.43. The van der Waals surface area contributed by atoms with Crippen molar-refractivity contribution in [3.8, 4) is 0 Å². The Morgan fingerprint density at radius 1 is 1.12 bits per heavy atom. The fourth-order valence-electron chi connectivity index (χ4n) is 5.39. The van der Waals surface area contributed by atoms with Crippen LogP contribution in [0.1, 0.15) is 50.1 Å². The highest BCUT2D eigenvalue weighted by Crippen LogP contribution is 2.44. The van der Waals surface area contributed by atoms with Gasteiger partial charge >= 0.3 is 0 Å². The van der Waals surface area contributed by atoms with Gasteiger partial charge in [0.25, 0.3) is 0 Å². The summed E-state index contributed by atoms with van der Waals surface area (Å²) in [6.45, 7) is 7.52. The highest BCUT2D eigenvalue weighted by atomic mass is 16.5. The van der Waals surface area contributed by atoms with Crippen LogP contribution in [0.4, 0.5) is 0 Å². The molecule has 4 aliphatic rings. The summed E-state index contributed by atoms with van der Waals surface area (Å²) in [5.41, 5.74) is 1.25. The summed E-state index contributed by atoms with van der Waals surface area (Å²) >= 11 is 0. The Balaban J connectivity index is 1.29. The van der Waals surface area contributed by atoms with Gasteiger partial charge in [0.2, 0.25) is 0 Å². The second kappa shape index (κ2) is 7.25. The Hall–Kier alpha value is -0.910. The fourth-order valence-corrected chi connectivity index (χ4v) is 5.39. The van der Waals surface area contributed by atoms with Crippen LogP contribution < -0.4 is 0 Å². The van der Waals surface area contributed by atoms with E-state index in [2.05, 4.69) is 27.8 Å². The molecule has 2 saturated heterocycles. The van der Waals surface area contributed by atoms with E-state index in [4.69, 9.17) is 9.47 Å².